The SMILES string of the molecule is O=C1c2ccccc2C(=O)N1c1c([N+](=O)[O-])cc(F)c(F)c1F. The number of rotatable bonds is 2. The molecule has 0 fully saturated rings. The maximum absolute atomic E-state index is 14.0. The van der Waals surface area contributed by atoms with Crippen LogP contribution in [-0.4, -0.2) is 16.7 Å². The van der Waals surface area contributed by atoms with Gasteiger partial charge in [0.2, 0.25) is 0 Å². The van der Waals surface area contributed by atoms with Crippen LogP contribution in [0.3, 0.4) is 0 Å². The van der Waals surface area contributed by atoms with E-state index in [1.54, 1.807) is 0 Å². The zero-order valence-electron chi connectivity index (χ0n) is 11.0. The van der Waals surface area contributed by atoms with E-state index in [0.29, 0.717) is 0 Å². The van der Waals surface area contributed by atoms with Crippen molar-refractivity contribution in [3.05, 3.63) is 69.0 Å². The number of imide groups is 1. The van der Waals surface area contributed by atoms with E-state index in [9.17, 15) is 32.9 Å². The molecule has 1 aliphatic heterocycles. The number of nitro benzene ring substituents is 1. The van der Waals surface area contributed by atoms with E-state index >= 15 is 0 Å². The highest BCUT2D eigenvalue weighted by molar-refractivity contribution is 6.35. The summed E-state index contributed by atoms with van der Waals surface area (Å²) in [6.45, 7) is 0. The third kappa shape index (κ3) is 1.97. The highest BCUT2D eigenvalue weighted by Gasteiger charge is 2.42. The third-order valence-corrected chi connectivity index (χ3v) is 3.33. The van der Waals surface area contributed by atoms with E-state index in [-0.39, 0.29) is 22.1 Å². The fraction of sp³-hybridized carbons (Fsp3) is 0. The molecule has 0 atom stereocenters. The predicted molar refractivity (Wildman–Crippen MR) is 70.6 cm³/mol. The molecule has 0 aromatic heterocycles. The van der Waals surface area contributed by atoms with Crippen LogP contribution in [0.25, 0.3) is 0 Å². The first-order valence-electron chi connectivity index (χ1n) is 6.14. The van der Waals surface area contributed by atoms with Crippen molar-refractivity contribution in [1.82, 2.24) is 0 Å². The Balaban J connectivity index is 2.29. The van der Waals surface area contributed by atoms with E-state index in [0.717, 1.165) is 0 Å². The van der Waals surface area contributed by atoms with Crippen molar-refractivity contribution in [3.8, 4) is 0 Å². The van der Waals surface area contributed by atoms with Crippen molar-refractivity contribution in [1.29, 1.82) is 0 Å². The van der Waals surface area contributed by atoms with Gasteiger partial charge in [-0.3, -0.25) is 19.7 Å². The summed E-state index contributed by atoms with van der Waals surface area (Å²) in [5.74, 6) is -7.90. The van der Waals surface area contributed by atoms with Gasteiger partial charge in [0.25, 0.3) is 17.5 Å². The molecule has 1 aliphatic rings. The molecule has 116 valence electrons. The number of hydrogen-bond acceptors (Lipinski definition) is 4. The van der Waals surface area contributed by atoms with Gasteiger partial charge < -0.3 is 0 Å². The molecule has 3 rings (SSSR count). The van der Waals surface area contributed by atoms with E-state index in [1.807, 2.05) is 0 Å². The molecular weight excluding hydrogens is 317 g/mol. The zero-order valence-corrected chi connectivity index (χ0v) is 11.0. The summed E-state index contributed by atoms with van der Waals surface area (Å²) in [7, 11) is 0. The van der Waals surface area contributed by atoms with Gasteiger partial charge in [-0.1, -0.05) is 12.1 Å². The number of amides is 2. The Hall–Kier alpha value is -3.23. The number of hydrogen-bond donors (Lipinski definition) is 0. The summed E-state index contributed by atoms with van der Waals surface area (Å²) in [6.07, 6.45) is 0. The van der Waals surface area contributed by atoms with Gasteiger partial charge in [0, 0.05) is 0 Å². The summed E-state index contributed by atoms with van der Waals surface area (Å²) in [5, 5.41) is 11.0. The van der Waals surface area contributed by atoms with Gasteiger partial charge in [0.1, 0.15) is 0 Å². The predicted octanol–water partition coefficient (Wildman–Crippen LogP) is 2.81. The molecule has 0 saturated carbocycles. The minimum atomic E-state index is -2.01. The minimum absolute atomic E-state index is 0.115. The number of benzene rings is 2. The number of nitro groups is 1. The molecule has 0 saturated heterocycles. The number of halogens is 3. The summed E-state index contributed by atoms with van der Waals surface area (Å²) < 4.78 is 40.7. The van der Waals surface area contributed by atoms with E-state index < -0.39 is 45.6 Å². The summed E-state index contributed by atoms with van der Waals surface area (Å²) in [4.78, 5) is 34.4. The molecule has 0 unspecified atom stereocenters. The van der Waals surface area contributed by atoms with Crippen molar-refractivity contribution in [3.63, 3.8) is 0 Å². The van der Waals surface area contributed by atoms with Crippen LogP contribution >= 0.6 is 0 Å². The van der Waals surface area contributed by atoms with Gasteiger partial charge >= 0.3 is 0 Å². The van der Waals surface area contributed by atoms with Gasteiger partial charge in [-0.25, -0.2) is 18.1 Å². The molecule has 0 aliphatic carbocycles. The molecular formula is C14H5F3N2O4. The molecule has 1 heterocycles. The zero-order chi connectivity index (χ0) is 16.9. The molecule has 0 radical (unpaired) electrons. The molecule has 23 heavy (non-hydrogen) atoms. The van der Waals surface area contributed by atoms with Crippen LogP contribution in [0.4, 0.5) is 24.5 Å². The van der Waals surface area contributed by atoms with Gasteiger partial charge in [0.15, 0.2) is 23.1 Å². The molecule has 0 bridgehead atoms. The normalized spacial score (nSPS) is 13.4. The molecule has 0 spiro atoms. The fourth-order valence-electron chi connectivity index (χ4n) is 2.32. The highest BCUT2D eigenvalue weighted by atomic mass is 19.2. The summed E-state index contributed by atoms with van der Waals surface area (Å²) in [6, 6.07) is 5.52. The maximum atomic E-state index is 14.0. The Labute approximate surface area is 125 Å². The number of nitrogens with zero attached hydrogens (tertiary/aromatic N) is 2. The summed E-state index contributed by atoms with van der Waals surface area (Å²) >= 11 is 0. The Kier molecular flexibility index (Phi) is 3.13. The van der Waals surface area contributed by atoms with Crippen LogP contribution in [0.5, 0.6) is 0 Å². The topological polar surface area (TPSA) is 80.5 Å². The second kappa shape index (κ2) is 4.90. The second-order valence-electron chi connectivity index (χ2n) is 4.60. The first-order chi connectivity index (χ1) is 10.8. The van der Waals surface area contributed by atoms with Crippen molar-refractivity contribution in [2.24, 2.45) is 0 Å². The third-order valence-electron chi connectivity index (χ3n) is 3.33. The standard InChI is InChI=1S/C14H5F3N2O4/c15-8-5-9(19(22)23)12(11(17)10(8)16)18-13(20)6-3-1-2-4-7(6)14(18)21/h1-5H. The minimum Gasteiger partial charge on any atom is -0.268 e. The lowest BCUT2D eigenvalue weighted by Crippen LogP contribution is -2.31. The lowest BCUT2D eigenvalue weighted by molar-refractivity contribution is -0.384. The molecule has 2 aromatic rings. The fourth-order valence-corrected chi connectivity index (χ4v) is 2.32. The van der Waals surface area contributed by atoms with E-state index in [4.69, 9.17) is 0 Å². The van der Waals surface area contributed by atoms with Crippen LogP contribution in [0.15, 0.2) is 30.3 Å². The largest absolute Gasteiger partial charge is 0.299 e. The van der Waals surface area contributed by atoms with Crippen molar-refractivity contribution in [2.75, 3.05) is 4.90 Å². The molecule has 2 aromatic carbocycles. The van der Waals surface area contributed by atoms with Crippen molar-refractivity contribution in [2.45, 2.75) is 0 Å². The number of fused-ring (bicyclic) bond motifs is 1. The van der Waals surface area contributed by atoms with E-state index in [1.165, 1.54) is 24.3 Å². The second-order valence-corrected chi connectivity index (χ2v) is 4.60. The quantitative estimate of drug-likeness (QED) is 0.368. The van der Waals surface area contributed by atoms with Gasteiger partial charge in [-0.05, 0) is 12.1 Å². The highest BCUT2D eigenvalue weighted by Crippen LogP contribution is 2.38. The van der Waals surface area contributed by atoms with Crippen LogP contribution in [0.2, 0.25) is 0 Å². The molecule has 0 N–H and O–H groups in total. The maximum Gasteiger partial charge on any atom is 0.299 e. The lowest BCUT2D eigenvalue weighted by atomic mass is 10.1. The Bertz CT molecular complexity index is 863. The summed E-state index contributed by atoms with van der Waals surface area (Å²) in [5.41, 5.74) is -2.68. The average Bonchev–Trinajstić information content (AvgIpc) is 2.77. The molecule has 9 heteroatoms. The molecule has 2 amide bonds. The lowest BCUT2D eigenvalue weighted by Gasteiger charge is -2.15. The van der Waals surface area contributed by atoms with E-state index in [2.05, 4.69) is 0 Å². The number of carbonyl (C=O) groups excluding carboxylic acids is 2. The Morgan fingerprint density at radius 2 is 1.48 bits per heavy atom. The van der Waals surface area contributed by atoms with Crippen LogP contribution in [0, 0.1) is 27.6 Å². The molecule has 6 nitrogen and oxygen atoms in total. The first-order valence-corrected chi connectivity index (χ1v) is 6.14. The van der Waals surface area contributed by atoms with Crippen molar-refractivity contribution < 1.29 is 27.7 Å². The van der Waals surface area contributed by atoms with Gasteiger partial charge in [-0.2, -0.15) is 0 Å². The van der Waals surface area contributed by atoms with Gasteiger partial charge in [-0.15, -0.1) is 0 Å². The monoisotopic (exact) mass is 322 g/mol. The number of carbonyl (C=O) groups is 2. The van der Waals surface area contributed by atoms with Gasteiger partial charge in [0.05, 0.1) is 22.1 Å². The Morgan fingerprint density at radius 3 is 1.96 bits per heavy atom. The van der Waals surface area contributed by atoms with Crippen LogP contribution < -0.4 is 4.90 Å². The van der Waals surface area contributed by atoms with Crippen LogP contribution in [-0.2, 0) is 0 Å². The van der Waals surface area contributed by atoms with Crippen LogP contribution in [0.1, 0.15) is 20.7 Å². The first kappa shape index (κ1) is 14.7. The number of anilines is 1. The average molecular weight is 322 g/mol. The Morgan fingerprint density at radius 1 is 0.957 bits per heavy atom. The smallest absolute Gasteiger partial charge is 0.268 e. The van der Waals surface area contributed by atoms with Crippen molar-refractivity contribution >= 4 is 23.2 Å².